The van der Waals surface area contributed by atoms with Gasteiger partial charge in [-0.15, -0.1) is 0 Å². The first kappa shape index (κ1) is 46.5. The molecule has 0 aliphatic carbocycles. The van der Waals surface area contributed by atoms with Gasteiger partial charge in [-0.05, 0) is 131 Å². The molecule has 5 fully saturated rings. The number of likely N-dealkylation sites (tertiary alicyclic amines) is 3. The van der Waals surface area contributed by atoms with Crippen molar-refractivity contribution in [2.75, 3.05) is 89.2 Å². The van der Waals surface area contributed by atoms with Crippen molar-refractivity contribution in [1.29, 1.82) is 0 Å². The normalized spacial score (nSPS) is 22.1. The first-order chi connectivity index (χ1) is 34.6. The Labute approximate surface area is 413 Å². The maximum Gasteiger partial charge on any atom is 0.319 e. The Balaban J connectivity index is 0.611. The van der Waals surface area contributed by atoms with Crippen LogP contribution in [0.3, 0.4) is 0 Å². The Morgan fingerprint density at radius 3 is 2.15 bits per heavy atom. The zero-order chi connectivity index (χ0) is 48.6. The number of para-hydroxylation sites is 1. The highest BCUT2D eigenvalue weighted by atomic mass is 16.5. The van der Waals surface area contributed by atoms with E-state index in [-0.39, 0.29) is 30.8 Å². The van der Waals surface area contributed by atoms with Crippen LogP contribution in [0.2, 0.25) is 0 Å². The average Bonchev–Trinajstić information content (AvgIpc) is 3.91. The number of rotatable bonds is 11. The number of benzene rings is 3. The molecule has 2 aromatic heterocycles. The number of fused-ring (bicyclic) bond motifs is 2. The summed E-state index contributed by atoms with van der Waals surface area (Å²) in [6.45, 7) is 10.6. The van der Waals surface area contributed by atoms with Gasteiger partial charge in [0.2, 0.25) is 11.8 Å². The van der Waals surface area contributed by atoms with E-state index >= 15 is 0 Å². The van der Waals surface area contributed by atoms with Crippen molar-refractivity contribution in [3.8, 4) is 22.8 Å². The summed E-state index contributed by atoms with van der Waals surface area (Å²) in [5, 5.41) is 8.20. The summed E-state index contributed by atoms with van der Waals surface area (Å²) in [7, 11) is 0. The van der Waals surface area contributed by atoms with Crippen LogP contribution < -0.4 is 20.7 Å². The van der Waals surface area contributed by atoms with E-state index in [4.69, 9.17) is 20.6 Å². The largest absolute Gasteiger partial charge is 0.457 e. The van der Waals surface area contributed by atoms with Crippen LogP contribution in [0, 0.1) is 11.8 Å². The molecule has 0 saturated carbocycles. The van der Waals surface area contributed by atoms with Gasteiger partial charge < -0.3 is 30.1 Å². The van der Waals surface area contributed by atoms with Gasteiger partial charge in [-0.1, -0.05) is 18.2 Å². The number of hydrogen-bond donors (Lipinski definition) is 2. The van der Waals surface area contributed by atoms with Gasteiger partial charge in [-0.2, -0.15) is 5.10 Å². The van der Waals surface area contributed by atoms with Gasteiger partial charge in [-0.25, -0.2) is 19.4 Å². The minimum absolute atomic E-state index is 0.0928. The molecule has 6 amide bonds. The Morgan fingerprint density at radius 2 is 1.42 bits per heavy atom. The molecule has 11 rings (SSSR count). The van der Waals surface area contributed by atoms with Crippen molar-refractivity contribution in [3.05, 3.63) is 90.3 Å². The van der Waals surface area contributed by atoms with E-state index in [1.807, 2.05) is 60.7 Å². The maximum absolute atomic E-state index is 13.8. The predicted octanol–water partition coefficient (Wildman–Crippen LogP) is 5.66. The molecule has 6 aliphatic heterocycles. The van der Waals surface area contributed by atoms with Crippen molar-refractivity contribution < 1.29 is 28.7 Å². The van der Waals surface area contributed by atoms with Gasteiger partial charge in [-0.3, -0.25) is 34.3 Å². The lowest BCUT2D eigenvalue weighted by Crippen LogP contribution is -2.54. The standard InChI is InChI=1S/C53H62N12O6/c54-48-46-47(37-8-11-41(12-9-37)71-40-6-2-1-3-7-40)58-65(49(46)56-34-55-48)39-5-4-21-60(33-39)32-36-19-25-63(26-20-36)53(70)62-23-17-35(18-24-62)16-22-59-27-29-61(30-28-59)38-10-13-42-43(31-38)52(69)64(51(42)68)44-14-15-45(66)57-50(44)67/h1-3,6-13,31,34-36,39,44H,4-5,14-30,32-33H2,(H2,54,55,56)(H,57,66,67)/t39-,44?/m1/s1. The van der Waals surface area contributed by atoms with E-state index < -0.39 is 23.8 Å². The lowest BCUT2D eigenvalue weighted by atomic mass is 9.93. The summed E-state index contributed by atoms with van der Waals surface area (Å²) < 4.78 is 8.11. The van der Waals surface area contributed by atoms with E-state index in [0.29, 0.717) is 28.8 Å². The van der Waals surface area contributed by atoms with Crippen molar-refractivity contribution >= 4 is 52.2 Å². The molecule has 5 aromatic rings. The van der Waals surface area contributed by atoms with E-state index in [1.54, 1.807) is 12.1 Å². The smallest absolute Gasteiger partial charge is 0.319 e. The fraction of sp³-hybridized carbons (Fsp3) is 0.472. The average molecular weight is 963 g/mol. The minimum atomic E-state index is -0.973. The van der Waals surface area contributed by atoms with Crippen molar-refractivity contribution in [2.24, 2.45) is 11.8 Å². The highest BCUT2D eigenvalue weighted by Crippen LogP contribution is 2.36. The summed E-state index contributed by atoms with van der Waals surface area (Å²) >= 11 is 0. The molecule has 5 saturated heterocycles. The van der Waals surface area contributed by atoms with E-state index in [0.717, 1.165) is 168 Å². The van der Waals surface area contributed by atoms with Crippen molar-refractivity contribution in [2.45, 2.75) is 69.9 Å². The Morgan fingerprint density at radius 1 is 0.718 bits per heavy atom. The van der Waals surface area contributed by atoms with Crippen LogP contribution in [0.5, 0.6) is 11.5 Å². The zero-order valence-electron chi connectivity index (χ0n) is 40.2. The summed E-state index contributed by atoms with van der Waals surface area (Å²) in [6.07, 6.45) is 9.00. The van der Waals surface area contributed by atoms with Crippen molar-refractivity contribution in [3.63, 3.8) is 0 Å². The lowest BCUT2D eigenvalue weighted by molar-refractivity contribution is -0.136. The van der Waals surface area contributed by atoms with Crippen LogP contribution in [0.4, 0.5) is 16.3 Å². The third kappa shape index (κ3) is 9.66. The number of urea groups is 1. The number of hydrogen-bond acceptors (Lipinski definition) is 13. The molecule has 0 spiro atoms. The first-order valence-electron chi connectivity index (χ1n) is 25.5. The summed E-state index contributed by atoms with van der Waals surface area (Å²) in [4.78, 5) is 86.0. The molecule has 1 unspecified atom stereocenters. The number of nitrogens with two attached hydrogens (primary N) is 1. The number of imide groups is 2. The predicted molar refractivity (Wildman–Crippen MR) is 267 cm³/mol. The van der Waals surface area contributed by atoms with Crippen LogP contribution in [-0.2, 0) is 9.59 Å². The second-order valence-electron chi connectivity index (χ2n) is 20.2. The van der Waals surface area contributed by atoms with Gasteiger partial charge in [0.15, 0.2) is 5.65 Å². The van der Waals surface area contributed by atoms with Crippen LogP contribution >= 0.6 is 0 Å². The van der Waals surface area contributed by atoms with Crippen LogP contribution in [0.1, 0.15) is 84.5 Å². The number of nitrogens with zero attached hydrogens (tertiary/aromatic N) is 10. The molecule has 0 bridgehead atoms. The van der Waals surface area contributed by atoms with Gasteiger partial charge >= 0.3 is 6.03 Å². The highest BCUT2D eigenvalue weighted by molar-refractivity contribution is 6.23. The number of ether oxygens (including phenoxy) is 1. The molecule has 2 atom stereocenters. The number of carbonyl (C=O) groups is 5. The Kier molecular flexibility index (Phi) is 13.1. The zero-order valence-corrected chi connectivity index (χ0v) is 40.2. The molecular weight excluding hydrogens is 901 g/mol. The second kappa shape index (κ2) is 20.1. The number of carbonyl (C=O) groups excluding carboxylic acids is 5. The number of piperidine rings is 4. The fourth-order valence-electron chi connectivity index (χ4n) is 11.7. The number of nitrogen functional groups attached to an aromatic ring is 1. The molecule has 71 heavy (non-hydrogen) atoms. The van der Waals surface area contributed by atoms with E-state index in [1.165, 1.54) is 6.33 Å². The number of nitrogens with one attached hydrogen (secondary N) is 1. The van der Waals surface area contributed by atoms with Gasteiger partial charge in [0.1, 0.15) is 35.4 Å². The molecule has 3 N–H and O–H groups in total. The SMILES string of the molecule is Nc1ncnc2c1c(-c1ccc(Oc3ccccc3)cc1)nn2[C@@H]1CCCN(CC2CCN(C(=O)N3CCC(CCN4CCN(c5ccc6c(c5)C(=O)N(C5CCC(=O)NC5=O)C6=O)CC4)CC3)CC2)C1. The molecule has 6 aliphatic rings. The monoisotopic (exact) mass is 962 g/mol. The van der Waals surface area contributed by atoms with Crippen LogP contribution in [0.15, 0.2) is 79.1 Å². The quantitative estimate of drug-likeness (QED) is 0.154. The van der Waals surface area contributed by atoms with E-state index in [2.05, 4.69) is 39.5 Å². The fourth-order valence-corrected chi connectivity index (χ4v) is 11.7. The number of piperazine rings is 1. The van der Waals surface area contributed by atoms with Crippen LogP contribution in [0.25, 0.3) is 22.3 Å². The second-order valence-corrected chi connectivity index (χ2v) is 20.2. The maximum atomic E-state index is 13.8. The number of anilines is 2. The number of amides is 6. The molecular formula is C53H62N12O6. The third-order valence-corrected chi connectivity index (χ3v) is 15.8. The number of aromatic nitrogens is 4. The summed E-state index contributed by atoms with van der Waals surface area (Å²) in [6, 6.07) is 22.4. The third-order valence-electron chi connectivity index (χ3n) is 15.8. The molecule has 0 radical (unpaired) electrons. The highest BCUT2D eigenvalue weighted by Gasteiger charge is 2.45. The molecule has 3 aromatic carbocycles. The Bertz CT molecular complexity index is 2800. The van der Waals surface area contributed by atoms with E-state index in [9.17, 15) is 24.0 Å². The first-order valence-corrected chi connectivity index (χ1v) is 25.5. The molecule has 370 valence electrons. The minimum Gasteiger partial charge on any atom is -0.457 e. The van der Waals surface area contributed by atoms with Gasteiger partial charge in [0.25, 0.3) is 11.8 Å². The van der Waals surface area contributed by atoms with Gasteiger partial charge in [0, 0.05) is 83.1 Å². The lowest BCUT2D eigenvalue weighted by Gasteiger charge is -2.41. The van der Waals surface area contributed by atoms with Gasteiger partial charge in [0.05, 0.1) is 22.6 Å². The molecule has 8 heterocycles. The topological polar surface area (TPSA) is 196 Å². The van der Waals surface area contributed by atoms with Crippen molar-refractivity contribution in [1.82, 2.24) is 49.6 Å². The van der Waals surface area contributed by atoms with Crippen LogP contribution in [-0.4, -0.2) is 158 Å². The Hall–Kier alpha value is -6.92. The summed E-state index contributed by atoms with van der Waals surface area (Å²) in [5.74, 6) is 1.10. The summed E-state index contributed by atoms with van der Waals surface area (Å²) in [5.41, 5.74) is 10.5. The molecule has 18 heteroatoms. The molecule has 18 nitrogen and oxygen atoms in total.